The van der Waals surface area contributed by atoms with Gasteiger partial charge in [0.1, 0.15) is 0 Å². The first-order valence-corrected chi connectivity index (χ1v) is 6.45. The Morgan fingerprint density at radius 3 is 2.63 bits per heavy atom. The van der Waals surface area contributed by atoms with Crippen molar-refractivity contribution >= 4 is 17.7 Å². The number of aryl methyl sites for hydroxylation is 1. The third-order valence-electron chi connectivity index (χ3n) is 3.32. The second-order valence-electron chi connectivity index (χ2n) is 4.75. The Balaban J connectivity index is 2.22. The Morgan fingerprint density at radius 1 is 1.42 bits per heavy atom. The van der Waals surface area contributed by atoms with Crippen LogP contribution in [0.25, 0.3) is 0 Å². The van der Waals surface area contributed by atoms with E-state index < -0.39 is 5.97 Å². The van der Waals surface area contributed by atoms with Gasteiger partial charge in [0.15, 0.2) is 0 Å². The van der Waals surface area contributed by atoms with Crippen LogP contribution < -0.4 is 5.32 Å². The van der Waals surface area contributed by atoms with E-state index in [1.165, 1.54) is 6.07 Å². The van der Waals surface area contributed by atoms with Gasteiger partial charge in [0, 0.05) is 12.6 Å². The molecule has 5 nitrogen and oxygen atoms in total. The minimum atomic E-state index is -1.03. The number of nitrogens with one attached hydrogen (secondary N) is 1. The first kappa shape index (κ1) is 13.4. The van der Waals surface area contributed by atoms with Crippen molar-refractivity contribution in [2.45, 2.75) is 32.7 Å². The number of nitrogens with zero attached hydrogens (tertiary/aromatic N) is 1. The van der Waals surface area contributed by atoms with Crippen LogP contribution >= 0.6 is 0 Å². The molecule has 1 fully saturated rings. The van der Waals surface area contributed by atoms with Gasteiger partial charge in [0.05, 0.1) is 11.3 Å². The lowest BCUT2D eigenvalue weighted by Crippen LogP contribution is -2.37. The van der Waals surface area contributed by atoms with Gasteiger partial charge in [0.2, 0.25) is 0 Å². The van der Waals surface area contributed by atoms with E-state index >= 15 is 0 Å². The molecule has 0 aromatic heterocycles. The molecule has 0 heterocycles. The van der Waals surface area contributed by atoms with Crippen LogP contribution in [0.15, 0.2) is 18.2 Å². The summed E-state index contributed by atoms with van der Waals surface area (Å²) in [7, 11) is 0. The van der Waals surface area contributed by atoms with Crippen molar-refractivity contribution in [3.63, 3.8) is 0 Å². The quantitative estimate of drug-likeness (QED) is 0.876. The number of urea groups is 1. The van der Waals surface area contributed by atoms with Gasteiger partial charge in [-0.3, -0.25) is 0 Å². The number of rotatable bonds is 4. The lowest BCUT2D eigenvalue weighted by Gasteiger charge is -2.22. The highest BCUT2D eigenvalue weighted by atomic mass is 16.4. The second kappa shape index (κ2) is 5.30. The maximum atomic E-state index is 12.2. The molecule has 1 aromatic rings. The number of carbonyl (C=O) groups is 2. The van der Waals surface area contributed by atoms with E-state index in [4.69, 9.17) is 5.11 Å². The molecule has 1 aromatic carbocycles. The fourth-order valence-electron chi connectivity index (χ4n) is 2.14. The van der Waals surface area contributed by atoms with E-state index in [9.17, 15) is 9.59 Å². The van der Waals surface area contributed by atoms with Crippen molar-refractivity contribution in [3.05, 3.63) is 29.3 Å². The zero-order chi connectivity index (χ0) is 14.0. The monoisotopic (exact) mass is 262 g/mol. The number of aromatic carboxylic acids is 1. The van der Waals surface area contributed by atoms with E-state index in [1.807, 2.05) is 6.92 Å². The van der Waals surface area contributed by atoms with Gasteiger partial charge in [-0.2, -0.15) is 0 Å². The van der Waals surface area contributed by atoms with Crippen LogP contribution in [-0.2, 0) is 0 Å². The Labute approximate surface area is 112 Å². The van der Waals surface area contributed by atoms with Crippen LogP contribution in [0, 0.1) is 6.92 Å². The Bertz CT molecular complexity index is 509. The van der Waals surface area contributed by atoms with Crippen molar-refractivity contribution < 1.29 is 14.7 Å². The van der Waals surface area contributed by atoms with Crippen molar-refractivity contribution in [1.82, 2.24) is 4.90 Å². The molecule has 5 heteroatoms. The number of hydrogen-bond donors (Lipinski definition) is 2. The molecule has 0 bridgehead atoms. The molecule has 2 rings (SSSR count). The van der Waals surface area contributed by atoms with Gasteiger partial charge in [-0.1, -0.05) is 12.1 Å². The minimum absolute atomic E-state index is 0.125. The SMILES string of the molecule is CCN(C(=O)Nc1c(C)cccc1C(=O)O)C1CC1. The highest BCUT2D eigenvalue weighted by Gasteiger charge is 2.31. The second-order valence-corrected chi connectivity index (χ2v) is 4.75. The van der Waals surface area contributed by atoms with Gasteiger partial charge in [-0.15, -0.1) is 0 Å². The average Bonchev–Trinajstić information content (AvgIpc) is 3.17. The Kier molecular flexibility index (Phi) is 3.74. The molecular weight excluding hydrogens is 244 g/mol. The largest absolute Gasteiger partial charge is 0.478 e. The summed E-state index contributed by atoms with van der Waals surface area (Å²) in [6.45, 7) is 4.34. The van der Waals surface area contributed by atoms with E-state index in [2.05, 4.69) is 5.32 Å². The summed E-state index contributed by atoms with van der Waals surface area (Å²) in [6.07, 6.45) is 2.06. The first-order valence-electron chi connectivity index (χ1n) is 6.45. The molecule has 0 radical (unpaired) electrons. The fraction of sp³-hybridized carbons (Fsp3) is 0.429. The number of para-hydroxylation sites is 1. The standard InChI is InChI=1S/C14H18N2O3/c1-3-16(10-7-8-10)14(19)15-12-9(2)5-4-6-11(12)13(17)18/h4-6,10H,3,7-8H2,1-2H3,(H,15,19)(H,17,18). The molecule has 0 unspecified atom stereocenters. The highest BCUT2D eigenvalue weighted by Crippen LogP contribution is 2.28. The van der Waals surface area contributed by atoms with Gasteiger partial charge >= 0.3 is 12.0 Å². The summed E-state index contributed by atoms with van der Waals surface area (Å²) < 4.78 is 0. The molecule has 102 valence electrons. The molecule has 0 spiro atoms. The van der Waals surface area contributed by atoms with Crippen LogP contribution in [0.1, 0.15) is 35.7 Å². The maximum absolute atomic E-state index is 12.2. The summed E-state index contributed by atoms with van der Waals surface area (Å²) in [5, 5.41) is 11.9. The summed E-state index contributed by atoms with van der Waals surface area (Å²) in [6, 6.07) is 5.05. The number of carboxylic acid groups (broad SMARTS) is 1. The molecule has 0 aliphatic heterocycles. The number of carboxylic acids is 1. The molecule has 2 amide bonds. The summed E-state index contributed by atoms with van der Waals surface area (Å²) in [4.78, 5) is 25.1. The number of amides is 2. The Hall–Kier alpha value is -2.04. The molecule has 0 atom stereocenters. The third-order valence-corrected chi connectivity index (χ3v) is 3.32. The topological polar surface area (TPSA) is 69.6 Å². The molecule has 2 N–H and O–H groups in total. The molecule has 1 aliphatic carbocycles. The third kappa shape index (κ3) is 2.86. The molecular formula is C14H18N2O3. The van der Waals surface area contributed by atoms with E-state index in [1.54, 1.807) is 24.0 Å². The zero-order valence-electron chi connectivity index (χ0n) is 11.1. The van der Waals surface area contributed by atoms with Crippen LogP contribution in [0.2, 0.25) is 0 Å². The molecule has 1 aliphatic rings. The van der Waals surface area contributed by atoms with Crippen molar-refractivity contribution in [2.24, 2.45) is 0 Å². The first-order chi connectivity index (χ1) is 9.04. The van der Waals surface area contributed by atoms with Crippen LogP contribution in [-0.4, -0.2) is 34.6 Å². The van der Waals surface area contributed by atoms with Crippen molar-refractivity contribution in [3.8, 4) is 0 Å². The highest BCUT2D eigenvalue weighted by molar-refractivity contribution is 6.01. The lowest BCUT2D eigenvalue weighted by atomic mass is 10.1. The van der Waals surface area contributed by atoms with Gasteiger partial charge in [0.25, 0.3) is 0 Å². The van der Waals surface area contributed by atoms with Crippen molar-refractivity contribution in [2.75, 3.05) is 11.9 Å². The number of carbonyl (C=O) groups excluding carboxylic acids is 1. The minimum Gasteiger partial charge on any atom is -0.478 e. The number of hydrogen-bond acceptors (Lipinski definition) is 2. The van der Waals surface area contributed by atoms with E-state index in [0.29, 0.717) is 18.3 Å². The van der Waals surface area contributed by atoms with Gasteiger partial charge < -0.3 is 15.3 Å². The summed E-state index contributed by atoms with van der Waals surface area (Å²) >= 11 is 0. The normalized spacial score (nSPS) is 14.0. The van der Waals surface area contributed by atoms with Crippen molar-refractivity contribution in [1.29, 1.82) is 0 Å². The van der Waals surface area contributed by atoms with Gasteiger partial charge in [-0.05, 0) is 38.3 Å². The fourth-order valence-corrected chi connectivity index (χ4v) is 2.14. The van der Waals surface area contributed by atoms with Crippen LogP contribution in [0.4, 0.5) is 10.5 Å². The van der Waals surface area contributed by atoms with Gasteiger partial charge in [-0.25, -0.2) is 9.59 Å². The van der Waals surface area contributed by atoms with E-state index in [-0.39, 0.29) is 11.6 Å². The Morgan fingerprint density at radius 2 is 2.11 bits per heavy atom. The number of anilines is 1. The molecule has 1 saturated carbocycles. The predicted octanol–water partition coefficient (Wildman–Crippen LogP) is 2.71. The van der Waals surface area contributed by atoms with Crippen LogP contribution in [0.5, 0.6) is 0 Å². The predicted molar refractivity (Wildman–Crippen MR) is 72.6 cm³/mol. The maximum Gasteiger partial charge on any atom is 0.337 e. The zero-order valence-corrected chi connectivity index (χ0v) is 11.1. The van der Waals surface area contributed by atoms with E-state index in [0.717, 1.165) is 18.4 Å². The summed E-state index contributed by atoms with van der Waals surface area (Å²) in [5.41, 5.74) is 1.26. The summed E-state index contributed by atoms with van der Waals surface area (Å²) in [5.74, 6) is -1.03. The molecule has 0 saturated heterocycles. The smallest absolute Gasteiger partial charge is 0.337 e. The van der Waals surface area contributed by atoms with Crippen LogP contribution in [0.3, 0.4) is 0 Å². The lowest BCUT2D eigenvalue weighted by molar-refractivity contribution is 0.0698. The average molecular weight is 262 g/mol. The number of benzene rings is 1. The molecule has 19 heavy (non-hydrogen) atoms.